The van der Waals surface area contributed by atoms with E-state index in [0.717, 1.165) is 16.9 Å². The lowest BCUT2D eigenvalue weighted by Gasteiger charge is -2.02. The molecule has 0 saturated heterocycles. The molecule has 0 fully saturated rings. The third-order valence-corrected chi connectivity index (χ3v) is 3.86. The molecule has 0 unspecified atom stereocenters. The lowest BCUT2D eigenvalue weighted by Crippen LogP contribution is -2.19. The van der Waals surface area contributed by atoms with Crippen LogP contribution in [-0.4, -0.2) is 22.8 Å². The molecule has 1 aromatic heterocycles. The fraction of sp³-hybridized carbons (Fsp3) is 0.143. The Hall–Kier alpha value is -3.34. The van der Waals surface area contributed by atoms with E-state index in [1.807, 2.05) is 53.3 Å². The molecule has 26 heavy (non-hydrogen) atoms. The van der Waals surface area contributed by atoms with Gasteiger partial charge in [-0.3, -0.25) is 9.48 Å². The van der Waals surface area contributed by atoms with Crippen LogP contribution in [0, 0.1) is 0 Å². The summed E-state index contributed by atoms with van der Waals surface area (Å²) in [5, 5.41) is 7.20. The standard InChI is InChI=1S/C21H21N3O2/c1-26-20-9-5-8-17(12-20)10-11-21(25)22-13-19-14-23-24(16-19)15-18-6-3-2-4-7-18/h2-12,14,16H,13,15H2,1H3,(H,22,25). The number of ether oxygens (including phenoxy) is 1. The van der Waals surface area contributed by atoms with Gasteiger partial charge in [-0.25, -0.2) is 0 Å². The van der Waals surface area contributed by atoms with E-state index in [1.54, 1.807) is 19.4 Å². The van der Waals surface area contributed by atoms with Gasteiger partial charge in [-0.2, -0.15) is 5.10 Å². The summed E-state index contributed by atoms with van der Waals surface area (Å²) < 4.78 is 7.03. The van der Waals surface area contributed by atoms with Crippen molar-refractivity contribution in [2.75, 3.05) is 7.11 Å². The third kappa shape index (κ3) is 5.08. The van der Waals surface area contributed by atoms with E-state index < -0.39 is 0 Å². The zero-order valence-corrected chi connectivity index (χ0v) is 14.6. The van der Waals surface area contributed by atoms with Gasteiger partial charge in [-0.05, 0) is 29.3 Å². The van der Waals surface area contributed by atoms with Crippen molar-refractivity contribution in [2.45, 2.75) is 13.1 Å². The molecule has 3 rings (SSSR count). The molecule has 3 aromatic rings. The van der Waals surface area contributed by atoms with Gasteiger partial charge in [0.2, 0.25) is 5.91 Å². The average Bonchev–Trinajstić information content (AvgIpc) is 3.13. The van der Waals surface area contributed by atoms with E-state index in [1.165, 1.54) is 11.6 Å². The molecule has 0 aliphatic carbocycles. The van der Waals surface area contributed by atoms with Crippen LogP contribution in [0.25, 0.3) is 6.08 Å². The number of carbonyl (C=O) groups is 1. The van der Waals surface area contributed by atoms with Crippen molar-refractivity contribution < 1.29 is 9.53 Å². The van der Waals surface area contributed by atoms with Crippen molar-refractivity contribution in [3.63, 3.8) is 0 Å². The van der Waals surface area contributed by atoms with E-state index in [2.05, 4.69) is 22.5 Å². The molecule has 2 aromatic carbocycles. The van der Waals surface area contributed by atoms with Gasteiger partial charge in [0.15, 0.2) is 0 Å². The van der Waals surface area contributed by atoms with Crippen LogP contribution in [0.15, 0.2) is 73.1 Å². The monoisotopic (exact) mass is 347 g/mol. The van der Waals surface area contributed by atoms with Crippen LogP contribution in [0.1, 0.15) is 16.7 Å². The number of methoxy groups -OCH3 is 1. The zero-order chi connectivity index (χ0) is 18.2. The van der Waals surface area contributed by atoms with Gasteiger partial charge >= 0.3 is 0 Å². The minimum absolute atomic E-state index is 0.149. The summed E-state index contributed by atoms with van der Waals surface area (Å²) in [5.41, 5.74) is 3.06. The molecule has 0 atom stereocenters. The molecule has 0 saturated carbocycles. The molecular weight excluding hydrogens is 326 g/mol. The van der Waals surface area contributed by atoms with Gasteiger partial charge in [-0.1, -0.05) is 42.5 Å². The second-order valence-corrected chi connectivity index (χ2v) is 5.86. The second-order valence-electron chi connectivity index (χ2n) is 5.86. The number of hydrogen-bond acceptors (Lipinski definition) is 3. The van der Waals surface area contributed by atoms with Crippen molar-refractivity contribution in [3.8, 4) is 5.75 Å². The maximum Gasteiger partial charge on any atom is 0.244 e. The summed E-state index contributed by atoms with van der Waals surface area (Å²) >= 11 is 0. The number of amides is 1. The molecule has 0 bridgehead atoms. The van der Waals surface area contributed by atoms with Crippen LogP contribution in [0.4, 0.5) is 0 Å². The van der Waals surface area contributed by atoms with Crippen LogP contribution in [0.5, 0.6) is 5.75 Å². The van der Waals surface area contributed by atoms with E-state index in [9.17, 15) is 4.79 Å². The molecule has 0 spiro atoms. The van der Waals surface area contributed by atoms with Crippen LogP contribution in [0.3, 0.4) is 0 Å². The Morgan fingerprint density at radius 2 is 2.00 bits per heavy atom. The molecule has 5 heteroatoms. The number of aromatic nitrogens is 2. The molecule has 1 amide bonds. The summed E-state index contributed by atoms with van der Waals surface area (Å²) in [6.45, 7) is 1.15. The maximum atomic E-state index is 12.0. The first-order valence-electron chi connectivity index (χ1n) is 8.38. The molecule has 1 heterocycles. The summed E-state index contributed by atoms with van der Waals surface area (Å²) in [5.74, 6) is 0.613. The van der Waals surface area contributed by atoms with E-state index in [4.69, 9.17) is 4.74 Å². The maximum absolute atomic E-state index is 12.0. The highest BCUT2D eigenvalue weighted by Crippen LogP contribution is 2.13. The van der Waals surface area contributed by atoms with Gasteiger partial charge in [0.1, 0.15) is 5.75 Å². The van der Waals surface area contributed by atoms with Gasteiger partial charge in [0.05, 0.1) is 19.9 Å². The van der Waals surface area contributed by atoms with Crippen molar-refractivity contribution in [1.29, 1.82) is 0 Å². The number of benzene rings is 2. The number of nitrogens with zero attached hydrogens (tertiary/aromatic N) is 2. The Bertz CT molecular complexity index is 885. The van der Waals surface area contributed by atoms with E-state index in [0.29, 0.717) is 13.1 Å². The third-order valence-electron chi connectivity index (χ3n) is 3.86. The van der Waals surface area contributed by atoms with Crippen molar-refractivity contribution in [2.24, 2.45) is 0 Å². The van der Waals surface area contributed by atoms with Crippen LogP contribution >= 0.6 is 0 Å². The fourth-order valence-electron chi connectivity index (χ4n) is 2.52. The van der Waals surface area contributed by atoms with Gasteiger partial charge < -0.3 is 10.1 Å². The number of carbonyl (C=O) groups excluding carboxylic acids is 1. The Morgan fingerprint density at radius 1 is 1.15 bits per heavy atom. The Labute approximate surface area is 152 Å². The molecule has 0 aliphatic heterocycles. The highest BCUT2D eigenvalue weighted by Gasteiger charge is 2.02. The first-order chi connectivity index (χ1) is 12.7. The van der Waals surface area contributed by atoms with Gasteiger partial charge in [0, 0.05) is 24.4 Å². The van der Waals surface area contributed by atoms with Crippen LogP contribution < -0.4 is 10.1 Å². The SMILES string of the molecule is COc1cccc(C=CC(=O)NCc2cnn(Cc3ccccc3)c2)c1. The first kappa shape index (κ1) is 17.5. The van der Waals surface area contributed by atoms with E-state index in [-0.39, 0.29) is 5.91 Å². The van der Waals surface area contributed by atoms with Crippen LogP contribution in [-0.2, 0) is 17.9 Å². The summed E-state index contributed by atoms with van der Waals surface area (Å²) in [7, 11) is 1.62. The average molecular weight is 347 g/mol. The summed E-state index contributed by atoms with van der Waals surface area (Å²) in [6.07, 6.45) is 6.99. The Morgan fingerprint density at radius 3 is 2.81 bits per heavy atom. The predicted octanol–water partition coefficient (Wildman–Crippen LogP) is 3.27. The minimum atomic E-state index is -0.149. The first-order valence-corrected chi connectivity index (χ1v) is 8.38. The Balaban J connectivity index is 1.50. The molecule has 132 valence electrons. The molecule has 1 N–H and O–H groups in total. The van der Waals surface area contributed by atoms with Gasteiger partial charge in [-0.15, -0.1) is 0 Å². The fourth-order valence-corrected chi connectivity index (χ4v) is 2.52. The topological polar surface area (TPSA) is 56.1 Å². The molecule has 0 radical (unpaired) electrons. The predicted molar refractivity (Wildman–Crippen MR) is 102 cm³/mol. The molecule has 0 aliphatic rings. The number of nitrogens with one attached hydrogen (secondary N) is 1. The van der Waals surface area contributed by atoms with Gasteiger partial charge in [0.25, 0.3) is 0 Å². The summed E-state index contributed by atoms with van der Waals surface area (Å²) in [4.78, 5) is 12.0. The minimum Gasteiger partial charge on any atom is -0.497 e. The smallest absolute Gasteiger partial charge is 0.244 e. The summed E-state index contributed by atoms with van der Waals surface area (Å²) in [6, 6.07) is 17.7. The highest BCUT2D eigenvalue weighted by molar-refractivity contribution is 5.91. The van der Waals surface area contributed by atoms with Crippen molar-refractivity contribution >= 4 is 12.0 Å². The number of rotatable bonds is 7. The quantitative estimate of drug-likeness (QED) is 0.668. The normalized spacial score (nSPS) is 10.8. The zero-order valence-electron chi connectivity index (χ0n) is 14.6. The highest BCUT2D eigenvalue weighted by atomic mass is 16.5. The largest absolute Gasteiger partial charge is 0.497 e. The number of hydrogen-bond donors (Lipinski definition) is 1. The lowest BCUT2D eigenvalue weighted by molar-refractivity contribution is -0.116. The van der Waals surface area contributed by atoms with Crippen LogP contribution in [0.2, 0.25) is 0 Å². The van der Waals surface area contributed by atoms with Crippen molar-refractivity contribution in [1.82, 2.24) is 15.1 Å². The Kier molecular flexibility index (Phi) is 5.83. The molecule has 5 nitrogen and oxygen atoms in total. The molecular formula is C21H21N3O2. The van der Waals surface area contributed by atoms with Crippen molar-refractivity contribution in [3.05, 3.63) is 89.8 Å². The lowest BCUT2D eigenvalue weighted by atomic mass is 10.2. The second kappa shape index (κ2) is 8.67. The van der Waals surface area contributed by atoms with E-state index >= 15 is 0 Å².